The molecule has 18 heavy (non-hydrogen) atoms. The van der Waals surface area contributed by atoms with Crippen LogP contribution in [0.1, 0.15) is 11.6 Å². The zero-order valence-corrected chi connectivity index (χ0v) is 9.86. The van der Waals surface area contributed by atoms with Gasteiger partial charge in [0.2, 0.25) is 5.89 Å². The average Bonchev–Trinajstić information content (AvgIpc) is 2.92. The van der Waals surface area contributed by atoms with E-state index in [0.717, 1.165) is 0 Å². The van der Waals surface area contributed by atoms with Gasteiger partial charge in [0.15, 0.2) is 12.0 Å². The molecule has 3 rings (SSSR count). The molecule has 0 atom stereocenters. The maximum Gasteiger partial charge on any atom is 0.265 e. The van der Waals surface area contributed by atoms with E-state index < -0.39 is 0 Å². The summed E-state index contributed by atoms with van der Waals surface area (Å²) < 4.78 is 7.88. The van der Waals surface area contributed by atoms with Gasteiger partial charge < -0.3 is 4.52 Å². The fourth-order valence-corrected chi connectivity index (χ4v) is 1.89. The van der Waals surface area contributed by atoms with Gasteiger partial charge in [-0.15, -0.1) is 0 Å². The molecule has 8 heteroatoms. The van der Waals surface area contributed by atoms with Crippen molar-refractivity contribution in [3.05, 3.63) is 34.6 Å². The summed E-state index contributed by atoms with van der Waals surface area (Å²) in [6.45, 7) is 1.98. The molecular formula is C10H10N6O2. The summed E-state index contributed by atoms with van der Waals surface area (Å²) in [5, 5.41) is 8.19. The summed E-state index contributed by atoms with van der Waals surface area (Å²) in [7, 11) is 1.75. The molecule has 92 valence electrons. The number of aryl methyl sites for hydroxylation is 2. The topological polar surface area (TPSA) is 91.6 Å². The summed E-state index contributed by atoms with van der Waals surface area (Å²) >= 11 is 0. The van der Waals surface area contributed by atoms with Crippen molar-refractivity contribution in [2.45, 2.75) is 13.5 Å². The third-order valence-corrected chi connectivity index (χ3v) is 2.70. The molecule has 3 aromatic rings. The molecule has 0 bridgehead atoms. The molecule has 8 nitrogen and oxygen atoms in total. The van der Waals surface area contributed by atoms with Crippen molar-refractivity contribution in [2.24, 2.45) is 7.05 Å². The lowest BCUT2D eigenvalue weighted by molar-refractivity contribution is 0.368. The van der Waals surface area contributed by atoms with Gasteiger partial charge in [-0.1, -0.05) is 5.16 Å². The van der Waals surface area contributed by atoms with Crippen LogP contribution < -0.4 is 5.56 Å². The summed E-state index contributed by atoms with van der Waals surface area (Å²) in [4.78, 5) is 20.4. The Labute approximate surface area is 101 Å². The normalized spacial score (nSPS) is 11.2. The van der Waals surface area contributed by atoms with Gasteiger partial charge in [-0.25, -0.2) is 9.67 Å². The molecule has 0 unspecified atom stereocenters. The van der Waals surface area contributed by atoms with Crippen molar-refractivity contribution < 1.29 is 4.52 Å². The van der Waals surface area contributed by atoms with Gasteiger partial charge in [-0.05, 0) is 6.92 Å². The second-order valence-corrected chi connectivity index (χ2v) is 3.92. The first kappa shape index (κ1) is 10.6. The summed E-state index contributed by atoms with van der Waals surface area (Å²) in [5.41, 5.74) is 1.06. The first-order valence-corrected chi connectivity index (χ1v) is 5.31. The highest BCUT2D eigenvalue weighted by molar-refractivity contribution is 5.76. The SMILES string of the molecule is Cc1nn(C)c2ncn(Cc3ncno3)c(=O)c12. The standard InChI is InChI=1S/C10H10N6O2/c1-6-8-9(15(2)14-6)12-5-16(10(8)17)3-7-11-4-13-18-7/h4-5H,3H2,1-2H3. The predicted octanol–water partition coefficient (Wildman–Crippen LogP) is -0.130. The third-order valence-electron chi connectivity index (χ3n) is 2.70. The number of hydrogen-bond acceptors (Lipinski definition) is 6. The number of hydrogen-bond donors (Lipinski definition) is 0. The highest BCUT2D eigenvalue weighted by Crippen LogP contribution is 2.09. The van der Waals surface area contributed by atoms with E-state index in [9.17, 15) is 4.79 Å². The van der Waals surface area contributed by atoms with Crippen LogP contribution in [0.25, 0.3) is 11.0 Å². The van der Waals surface area contributed by atoms with Crippen molar-refractivity contribution in [3.8, 4) is 0 Å². The minimum atomic E-state index is -0.163. The average molecular weight is 246 g/mol. The fraction of sp³-hybridized carbons (Fsp3) is 0.300. The Morgan fingerprint density at radius 1 is 1.39 bits per heavy atom. The maximum absolute atomic E-state index is 12.3. The first-order chi connectivity index (χ1) is 8.66. The largest absolute Gasteiger partial charge is 0.338 e. The molecule has 0 saturated carbocycles. The number of rotatable bonds is 2. The highest BCUT2D eigenvalue weighted by atomic mass is 16.5. The highest BCUT2D eigenvalue weighted by Gasteiger charge is 2.13. The molecule has 3 heterocycles. The van der Waals surface area contributed by atoms with Gasteiger partial charge in [0.1, 0.15) is 18.3 Å². The van der Waals surface area contributed by atoms with Crippen LogP contribution in [-0.4, -0.2) is 29.5 Å². The molecule has 0 N–H and O–H groups in total. The quantitative estimate of drug-likeness (QED) is 0.625. The Balaban J connectivity index is 2.17. The number of nitrogens with zero attached hydrogens (tertiary/aromatic N) is 6. The zero-order valence-electron chi connectivity index (χ0n) is 9.86. The lowest BCUT2D eigenvalue weighted by Gasteiger charge is -2.01. The van der Waals surface area contributed by atoms with Crippen LogP contribution in [0.4, 0.5) is 0 Å². The molecule has 0 spiro atoms. The van der Waals surface area contributed by atoms with Crippen LogP contribution >= 0.6 is 0 Å². The molecule has 3 aromatic heterocycles. The smallest absolute Gasteiger partial charge is 0.265 e. The van der Waals surface area contributed by atoms with Gasteiger partial charge in [0, 0.05) is 7.05 Å². The monoisotopic (exact) mass is 246 g/mol. The molecular weight excluding hydrogens is 236 g/mol. The summed E-state index contributed by atoms with van der Waals surface area (Å²) in [6, 6.07) is 0. The Hall–Kier alpha value is -2.51. The maximum atomic E-state index is 12.3. The summed E-state index contributed by atoms with van der Waals surface area (Å²) in [6.07, 6.45) is 2.75. The first-order valence-electron chi connectivity index (χ1n) is 5.31. The van der Waals surface area contributed by atoms with E-state index in [-0.39, 0.29) is 12.1 Å². The van der Waals surface area contributed by atoms with Crippen molar-refractivity contribution in [2.75, 3.05) is 0 Å². The summed E-state index contributed by atoms with van der Waals surface area (Å²) in [5.74, 6) is 0.361. The van der Waals surface area contributed by atoms with Crippen LogP contribution in [0.15, 0.2) is 22.0 Å². The number of fused-ring (bicyclic) bond motifs is 1. The Kier molecular flexibility index (Phi) is 2.22. The van der Waals surface area contributed by atoms with Crippen molar-refractivity contribution >= 4 is 11.0 Å². The minimum Gasteiger partial charge on any atom is -0.338 e. The van der Waals surface area contributed by atoms with Crippen molar-refractivity contribution in [3.63, 3.8) is 0 Å². The fourth-order valence-electron chi connectivity index (χ4n) is 1.89. The Morgan fingerprint density at radius 2 is 2.22 bits per heavy atom. The molecule has 0 aromatic carbocycles. The Bertz CT molecular complexity index is 755. The van der Waals surface area contributed by atoms with E-state index in [4.69, 9.17) is 4.52 Å². The van der Waals surface area contributed by atoms with Crippen molar-refractivity contribution in [1.29, 1.82) is 0 Å². The molecule has 0 aliphatic carbocycles. The van der Waals surface area contributed by atoms with Crippen LogP contribution in [0.3, 0.4) is 0 Å². The molecule has 0 amide bonds. The van der Waals surface area contributed by atoms with Crippen LogP contribution in [0, 0.1) is 6.92 Å². The molecule has 0 aliphatic heterocycles. The van der Waals surface area contributed by atoms with E-state index in [1.54, 1.807) is 18.7 Å². The van der Waals surface area contributed by atoms with E-state index in [2.05, 4.69) is 20.2 Å². The number of aromatic nitrogens is 6. The second-order valence-electron chi connectivity index (χ2n) is 3.92. The molecule has 0 fully saturated rings. The van der Waals surface area contributed by atoms with Gasteiger partial charge in [0.25, 0.3) is 5.56 Å². The van der Waals surface area contributed by atoms with Gasteiger partial charge in [-0.2, -0.15) is 10.1 Å². The molecule has 0 saturated heterocycles. The lowest BCUT2D eigenvalue weighted by atomic mass is 10.3. The minimum absolute atomic E-state index is 0.163. The van der Waals surface area contributed by atoms with Crippen LogP contribution in [0.5, 0.6) is 0 Å². The van der Waals surface area contributed by atoms with Gasteiger partial charge in [0.05, 0.1) is 5.69 Å². The van der Waals surface area contributed by atoms with E-state index in [1.165, 1.54) is 17.2 Å². The Morgan fingerprint density at radius 3 is 2.94 bits per heavy atom. The molecule has 0 aliphatic rings. The zero-order chi connectivity index (χ0) is 12.7. The molecule has 0 radical (unpaired) electrons. The van der Waals surface area contributed by atoms with E-state index in [0.29, 0.717) is 22.6 Å². The van der Waals surface area contributed by atoms with Gasteiger partial charge in [-0.3, -0.25) is 9.36 Å². The van der Waals surface area contributed by atoms with Crippen LogP contribution in [0.2, 0.25) is 0 Å². The lowest BCUT2D eigenvalue weighted by Crippen LogP contribution is -2.21. The van der Waals surface area contributed by atoms with E-state index >= 15 is 0 Å². The predicted molar refractivity (Wildman–Crippen MR) is 60.9 cm³/mol. The second kappa shape index (κ2) is 3.76. The van der Waals surface area contributed by atoms with E-state index in [1.807, 2.05) is 0 Å². The third kappa shape index (κ3) is 1.50. The van der Waals surface area contributed by atoms with Gasteiger partial charge >= 0.3 is 0 Å². The van der Waals surface area contributed by atoms with Crippen LogP contribution in [-0.2, 0) is 13.6 Å². The van der Waals surface area contributed by atoms with Crippen molar-refractivity contribution in [1.82, 2.24) is 29.5 Å².